The third kappa shape index (κ3) is 2.30. The number of rotatable bonds is 0. The Kier molecular flexibility index (Phi) is 3.91. The fourth-order valence-corrected chi connectivity index (χ4v) is 4.25. The van der Waals surface area contributed by atoms with E-state index < -0.39 is 5.72 Å². The average molecular weight is 346 g/mol. The molecule has 26 heavy (non-hydrogen) atoms. The molecule has 0 aromatic heterocycles. The van der Waals surface area contributed by atoms with Gasteiger partial charge in [0.05, 0.1) is 11.6 Å². The first-order valence-corrected chi connectivity index (χ1v) is 9.30. The molecule has 1 atom stereocenters. The van der Waals surface area contributed by atoms with E-state index >= 15 is 0 Å². The average Bonchev–Trinajstić information content (AvgIpc) is 2.81. The minimum atomic E-state index is -0.640. The maximum Gasteiger partial charge on any atom is 0.228 e. The lowest BCUT2D eigenvalue weighted by molar-refractivity contribution is -0.0787. The highest BCUT2D eigenvalue weighted by molar-refractivity contribution is 5.78. The second kappa shape index (κ2) is 6.01. The molecule has 0 saturated carbocycles. The molecule has 4 rings (SSSR count). The second-order valence-electron chi connectivity index (χ2n) is 7.69. The van der Waals surface area contributed by atoms with Gasteiger partial charge in [0.1, 0.15) is 5.70 Å². The van der Waals surface area contributed by atoms with Gasteiger partial charge in [0.25, 0.3) is 0 Å². The first kappa shape index (κ1) is 16.9. The number of allylic oxidation sites excluding steroid dienone is 9. The summed E-state index contributed by atoms with van der Waals surface area (Å²) in [4.78, 5) is 7.08. The van der Waals surface area contributed by atoms with Crippen molar-refractivity contribution in [1.82, 2.24) is 4.90 Å². The molecule has 0 bridgehead atoms. The van der Waals surface area contributed by atoms with E-state index in [-0.39, 0.29) is 5.41 Å². The molecule has 0 aromatic carbocycles. The summed E-state index contributed by atoms with van der Waals surface area (Å²) in [6.45, 7) is 8.72. The standard InChI is InChI=1S/C23H26N2O/c1-17-12-8-6-5-7-9-14-19-21(17)26-23(16-24-19)22(2,3)18-13-10-11-15-20(18)25(23)4/h5-6,8-9,12-16H,1,7,10-11H2,2-4H3/b6-5-,12-8-,14-9-. The molecule has 2 aliphatic heterocycles. The third-order valence-electron chi connectivity index (χ3n) is 5.81. The molecule has 2 heterocycles. The molecule has 1 spiro atoms. The van der Waals surface area contributed by atoms with Crippen molar-refractivity contribution in [3.05, 3.63) is 83.5 Å². The van der Waals surface area contributed by atoms with Crippen LogP contribution in [0, 0.1) is 5.41 Å². The summed E-state index contributed by atoms with van der Waals surface area (Å²) in [5.74, 6) is 0.759. The maximum atomic E-state index is 6.75. The van der Waals surface area contributed by atoms with E-state index in [2.05, 4.69) is 56.7 Å². The monoisotopic (exact) mass is 346 g/mol. The van der Waals surface area contributed by atoms with Crippen LogP contribution in [0.3, 0.4) is 0 Å². The zero-order valence-electron chi connectivity index (χ0n) is 15.8. The van der Waals surface area contributed by atoms with E-state index in [4.69, 9.17) is 9.73 Å². The lowest BCUT2D eigenvalue weighted by atomic mass is 9.76. The predicted molar refractivity (Wildman–Crippen MR) is 107 cm³/mol. The SMILES string of the molecule is C=C1/C=C\C=C/C/C=C\C2=C1OC1(C=N2)N(C)C2=CCCC=C2C1(C)C. The van der Waals surface area contributed by atoms with Crippen molar-refractivity contribution >= 4 is 6.21 Å². The van der Waals surface area contributed by atoms with E-state index in [0.717, 1.165) is 36.3 Å². The molecule has 1 saturated heterocycles. The van der Waals surface area contributed by atoms with Gasteiger partial charge in [-0.05, 0) is 44.8 Å². The van der Waals surface area contributed by atoms with Crippen LogP contribution in [0.25, 0.3) is 0 Å². The summed E-state index contributed by atoms with van der Waals surface area (Å²) in [5.41, 5.74) is 3.44. The molecule has 0 N–H and O–H groups in total. The van der Waals surface area contributed by atoms with Gasteiger partial charge in [0.15, 0.2) is 5.76 Å². The number of nitrogens with zero attached hydrogens (tertiary/aromatic N) is 2. The zero-order valence-corrected chi connectivity index (χ0v) is 15.8. The normalized spacial score (nSPS) is 33.0. The largest absolute Gasteiger partial charge is 0.459 e. The smallest absolute Gasteiger partial charge is 0.228 e. The van der Waals surface area contributed by atoms with Crippen LogP contribution in [0.1, 0.15) is 33.1 Å². The van der Waals surface area contributed by atoms with Gasteiger partial charge in [0, 0.05) is 18.3 Å². The number of fused-ring (bicyclic) bond motifs is 1. The van der Waals surface area contributed by atoms with Crippen molar-refractivity contribution in [2.75, 3.05) is 7.05 Å². The van der Waals surface area contributed by atoms with Crippen LogP contribution in [0.4, 0.5) is 0 Å². The van der Waals surface area contributed by atoms with Gasteiger partial charge < -0.3 is 9.64 Å². The molecular formula is C23H26N2O. The molecule has 0 radical (unpaired) electrons. The van der Waals surface area contributed by atoms with Crippen LogP contribution in [0.5, 0.6) is 0 Å². The highest BCUT2D eigenvalue weighted by Gasteiger charge is 2.60. The Morgan fingerprint density at radius 3 is 2.73 bits per heavy atom. The molecule has 0 amide bonds. The summed E-state index contributed by atoms with van der Waals surface area (Å²) in [6.07, 6.45) is 22.0. The van der Waals surface area contributed by atoms with E-state index in [1.54, 1.807) is 0 Å². The van der Waals surface area contributed by atoms with Crippen LogP contribution < -0.4 is 0 Å². The molecule has 134 valence electrons. The molecule has 2 aliphatic carbocycles. The van der Waals surface area contributed by atoms with Crippen molar-refractivity contribution in [3.8, 4) is 0 Å². The first-order chi connectivity index (χ1) is 12.5. The summed E-state index contributed by atoms with van der Waals surface area (Å²) in [7, 11) is 2.11. The molecule has 1 unspecified atom stereocenters. The van der Waals surface area contributed by atoms with Gasteiger partial charge in [-0.2, -0.15) is 0 Å². The number of ether oxygens (including phenoxy) is 1. The molecular weight excluding hydrogens is 320 g/mol. The minimum absolute atomic E-state index is 0.209. The summed E-state index contributed by atoms with van der Waals surface area (Å²) in [6, 6.07) is 0. The Morgan fingerprint density at radius 2 is 1.92 bits per heavy atom. The Balaban J connectivity index is 1.82. The number of aliphatic imine (C=N–C) groups is 1. The van der Waals surface area contributed by atoms with Gasteiger partial charge >= 0.3 is 0 Å². The van der Waals surface area contributed by atoms with E-state index in [0.29, 0.717) is 0 Å². The quantitative estimate of drug-likeness (QED) is 0.602. The van der Waals surface area contributed by atoms with Crippen molar-refractivity contribution in [2.45, 2.75) is 38.8 Å². The fraction of sp³-hybridized carbons (Fsp3) is 0.348. The summed E-state index contributed by atoms with van der Waals surface area (Å²) >= 11 is 0. The van der Waals surface area contributed by atoms with Crippen molar-refractivity contribution < 1.29 is 4.74 Å². The van der Waals surface area contributed by atoms with Crippen LogP contribution >= 0.6 is 0 Å². The summed E-state index contributed by atoms with van der Waals surface area (Å²) in [5, 5.41) is 0. The fourth-order valence-electron chi connectivity index (χ4n) is 4.25. The second-order valence-corrected chi connectivity index (χ2v) is 7.69. The van der Waals surface area contributed by atoms with Crippen LogP contribution in [-0.2, 0) is 4.74 Å². The minimum Gasteiger partial charge on any atom is -0.459 e. The van der Waals surface area contributed by atoms with Gasteiger partial charge in [-0.1, -0.05) is 49.1 Å². The Hall–Kier alpha value is -2.55. The lowest BCUT2D eigenvalue weighted by Gasteiger charge is -2.44. The van der Waals surface area contributed by atoms with E-state index in [9.17, 15) is 0 Å². The Labute approximate surface area is 156 Å². The topological polar surface area (TPSA) is 24.8 Å². The molecule has 3 heteroatoms. The number of likely N-dealkylation sites (N-methyl/N-ethyl adjacent to an activating group) is 1. The number of hydrogen-bond acceptors (Lipinski definition) is 3. The number of likely N-dealkylation sites (tertiary alicyclic amines) is 1. The van der Waals surface area contributed by atoms with Gasteiger partial charge in [-0.15, -0.1) is 0 Å². The van der Waals surface area contributed by atoms with Crippen LogP contribution in [0.2, 0.25) is 0 Å². The van der Waals surface area contributed by atoms with Gasteiger partial charge in [-0.25, -0.2) is 0 Å². The third-order valence-corrected chi connectivity index (χ3v) is 5.81. The van der Waals surface area contributed by atoms with E-state index in [1.165, 1.54) is 11.3 Å². The van der Waals surface area contributed by atoms with Crippen molar-refractivity contribution in [2.24, 2.45) is 10.4 Å². The molecule has 1 fully saturated rings. The van der Waals surface area contributed by atoms with E-state index in [1.807, 2.05) is 30.5 Å². The van der Waals surface area contributed by atoms with Crippen LogP contribution in [0.15, 0.2) is 88.5 Å². The molecule has 0 aromatic rings. The van der Waals surface area contributed by atoms with Crippen molar-refractivity contribution in [3.63, 3.8) is 0 Å². The Morgan fingerprint density at radius 1 is 1.12 bits per heavy atom. The Bertz CT molecular complexity index is 861. The highest BCUT2D eigenvalue weighted by Crippen LogP contribution is 2.56. The molecule has 3 nitrogen and oxygen atoms in total. The molecule has 4 aliphatic rings. The number of hydrogen-bond donors (Lipinski definition) is 0. The van der Waals surface area contributed by atoms with Crippen molar-refractivity contribution in [1.29, 1.82) is 0 Å². The van der Waals surface area contributed by atoms with Crippen LogP contribution in [-0.4, -0.2) is 23.9 Å². The summed E-state index contributed by atoms with van der Waals surface area (Å²) < 4.78 is 6.75. The maximum absolute atomic E-state index is 6.75. The highest BCUT2D eigenvalue weighted by atomic mass is 16.5. The first-order valence-electron chi connectivity index (χ1n) is 9.30. The lowest BCUT2D eigenvalue weighted by Crippen LogP contribution is -2.54. The zero-order chi connectivity index (χ0) is 18.4. The predicted octanol–water partition coefficient (Wildman–Crippen LogP) is 5.20. The van der Waals surface area contributed by atoms with Gasteiger partial charge in [-0.3, -0.25) is 4.99 Å². The van der Waals surface area contributed by atoms with Gasteiger partial charge in [0.2, 0.25) is 5.72 Å².